The number of amides is 2. The molecular weight excluding hydrogens is 372 g/mol. The molecule has 0 bridgehead atoms. The maximum atomic E-state index is 12.9. The van der Waals surface area contributed by atoms with E-state index in [1.165, 1.54) is 5.56 Å². The quantitative estimate of drug-likeness (QED) is 0.825. The number of nitrogens with zero attached hydrogens (tertiary/aromatic N) is 2. The van der Waals surface area contributed by atoms with E-state index in [2.05, 4.69) is 15.5 Å². The van der Waals surface area contributed by atoms with Crippen LogP contribution in [0.15, 0.2) is 18.2 Å². The third-order valence-corrected chi connectivity index (χ3v) is 5.66. The summed E-state index contributed by atoms with van der Waals surface area (Å²) in [7, 11) is 1.66. The molecule has 1 aromatic heterocycles. The van der Waals surface area contributed by atoms with Gasteiger partial charge in [0.25, 0.3) is 5.91 Å². The van der Waals surface area contributed by atoms with Crippen molar-refractivity contribution in [3.05, 3.63) is 35.0 Å². The van der Waals surface area contributed by atoms with Crippen LogP contribution in [0, 0.1) is 0 Å². The van der Waals surface area contributed by atoms with Gasteiger partial charge in [-0.05, 0) is 56.4 Å². The van der Waals surface area contributed by atoms with Crippen LogP contribution < -0.4 is 10.1 Å². The Morgan fingerprint density at radius 2 is 2.07 bits per heavy atom. The van der Waals surface area contributed by atoms with Gasteiger partial charge in [-0.1, -0.05) is 0 Å². The first-order chi connectivity index (χ1) is 14.1. The van der Waals surface area contributed by atoms with Gasteiger partial charge in [0, 0.05) is 30.3 Å². The third-order valence-electron chi connectivity index (χ3n) is 5.66. The highest BCUT2D eigenvalue weighted by Crippen LogP contribution is 2.35. The molecule has 1 aliphatic heterocycles. The fraction of sp³-hybridized carbons (Fsp3) is 0.476. The second kappa shape index (κ2) is 8.14. The molecule has 1 aromatic carbocycles. The number of hydrogen-bond acceptors (Lipinski definition) is 5. The summed E-state index contributed by atoms with van der Waals surface area (Å²) in [5.41, 5.74) is 4.57. The number of benzene rings is 1. The van der Waals surface area contributed by atoms with Crippen molar-refractivity contribution in [2.75, 3.05) is 26.8 Å². The van der Waals surface area contributed by atoms with Crippen molar-refractivity contribution in [2.24, 2.45) is 0 Å². The van der Waals surface area contributed by atoms with E-state index < -0.39 is 0 Å². The van der Waals surface area contributed by atoms with Crippen molar-refractivity contribution in [3.8, 4) is 17.0 Å². The normalized spacial score (nSPS) is 16.0. The summed E-state index contributed by atoms with van der Waals surface area (Å²) in [4.78, 5) is 26.4. The fourth-order valence-electron chi connectivity index (χ4n) is 4.09. The lowest BCUT2D eigenvalue weighted by molar-refractivity contribution is 0.0856. The van der Waals surface area contributed by atoms with Crippen LogP contribution in [0.1, 0.15) is 41.4 Å². The highest BCUT2D eigenvalue weighted by atomic mass is 16.6. The van der Waals surface area contributed by atoms with E-state index in [0.29, 0.717) is 38.2 Å². The van der Waals surface area contributed by atoms with Gasteiger partial charge in [-0.25, -0.2) is 4.79 Å². The van der Waals surface area contributed by atoms with Crippen molar-refractivity contribution in [1.29, 1.82) is 0 Å². The summed E-state index contributed by atoms with van der Waals surface area (Å²) in [6, 6.07) is 5.98. The standard InChI is InChI=1S/C21H26N4O4/c1-3-29-21(27)25-10-8-14(9-11-25)22-20(26)19-17-6-4-13-12-15(28-2)5-7-16(13)18(17)23-24-19/h5,7,12,14H,3-4,6,8-11H2,1-2H3,(H,22,26)(H,23,24). The number of ether oxygens (including phenoxy) is 2. The number of aromatic amines is 1. The van der Waals surface area contributed by atoms with E-state index in [9.17, 15) is 9.59 Å². The molecule has 29 heavy (non-hydrogen) atoms. The number of likely N-dealkylation sites (tertiary alicyclic amines) is 1. The molecule has 8 nitrogen and oxygen atoms in total. The predicted molar refractivity (Wildman–Crippen MR) is 107 cm³/mol. The zero-order valence-corrected chi connectivity index (χ0v) is 16.8. The molecule has 2 aliphatic rings. The lowest BCUT2D eigenvalue weighted by Crippen LogP contribution is -2.46. The molecule has 1 aliphatic carbocycles. The van der Waals surface area contributed by atoms with Crippen LogP contribution in [0.5, 0.6) is 5.75 Å². The van der Waals surface area contributed by atoms with Gasteiger partial charge in [-0.3, -0.25) is 9.89 Å². The lowest BCUT2D eigenvalue weighted by atomic mass is 9.88. The Bertz CT molecular complexity index is 915. The van der Waals surface area contributed by atoms with E-state index in [-0.39, 0.29) is 18.0 Å². The molecule has 2 N–H and O–H groups in total. The minimum atomic E-state index is -0.282. The van der Waals surface area contributed by atoms with Crippen LogP contribution >= 0.6 is 0 Å². The molecule has 1 saturated heterocycles. The highest BCUT2D eigenvalue weighted by Gasteiger charge is 2.29. The molecule has 8 heteroatoms. The van der Waals surface area contributed by atoms with Crippen LogP contribution in [0.4, 0.5) is 4.79 Å². The van der Waals surface area contributed by atoms with Crippen molar-refractivity contribution >= 4 is 12.0 Å². The number of rotatable bonds is 4. The monoisotopic (exact) mass is 398 g/mol. The zero-order chi connectivity index (χ0) is 20.4. The van der Waals surface area contributed by atoms with Gasteiger partial charge >= 0.3 is 6.09 Å². The smallest absolute Gasteiger partial charge is 0.409 e. The fourth-order valence-corrected chi connectivity index (χ4v) is 4.09. The molecule has 2 aromatic rings. The molecule has 0 atom stereocenters. The minimum absolute atomic E-state index is 0.0345. The van der Waals surface area contributed by atoms with E-state index in [0.717, 1.165) is 35.4 Å². The number of piperidine rings is 1. The number of fused-ring (bicyclic) bond motifs is 3. The Kier molecular flexibility index (Phi) is 5.42. The first-order valence-electron chi connectivity index (χ1n) is 10.1. The summed E-state index contributed by atoms with van der Waals surface area (Å²) >= 11 is 0. The average molecular weight is 398 g/mol. The number of aromatic nitrogens is 2. The van der Waals surface area contributed by atoms with Gasteiger partial charge in [0.2, 0.25) is 0 Å². The van der Waals surface area contributed by atoms with E-state index >= 15 is 0 Å². The Balaban J connectivity index is 1.42. The molecule has 2 heterocycles. The SMILES string of the molecule is CCOC(=O)N1CCC(NC(=O)c2[nH]nc3c2CCc2cc(OC)ccc2-3)CC1. The summed E-state index contributed by atoms with van der Waals surface area (Å²) in [5.74, 6) is 0.695. The first-order valence-corrected chi connectivity index (χ1v) is 10.1. The number of H-pyrrole nitrogens is 1. The van der Waals surface area contributed by atoms with E-state index in [4.69, 9.17) is 9.47 Å². The molecule has 0 spiro atoms. The van der Waals surface area contributed by atoms with Gasteiger partial charge < -0.3 is 19.7 Å². The molecule has 2 amide bonds. The van der Waals surface area contributed by atoms with Crippen LogP contribution in [0.2, 0.25) is 0 Å². The Morgan fingerprint density at radius 1 is 1.28 bits per heavy atom. The maximum Gasteiger partial charge on any atom is 0.409 e. The largest absolute Gasteiger partial charge is 0.497 e. The summed E-state index contributed by atoms with van der Waals surface area (Å²) < 4.78 is 10.3. The van der Waals surface area contributed by atoms with Crippen molar-refractivity contribution < 1.29 is 19.1 Å². The molecule has 0 unspecified atom stereocenters. The summed E-state index contributed by atoms with van der Waals surface area (Å²) in [6.07, 6.45) is 2.75. The Hall–Kier alpha value is -3.03. The minimum Gasteiger partial charge on any atom is -0.497 e. The van der Waals surface area contributed by atoms with Gasteiger partial charge in [0.05, 0.1) is 19.4 Å². The third kappa shape index (κ3) is 3.79. The zero-order valence-electron chi connectivity index (χ0n) is 16.8. The van der Waals surface area contributed by atoms with Crippen molar-refractivity contribution in [2.45, 2.75) is 38.6 Å². The number of carbonyl (C=O) groups excluding carboxylic acids is 2. The Labute approximate surface area is 169 Å². The van der Waals surface area contributed by atoms with Gasteiger partial charge in [-0.2, -0.15) is 5.10 Å². The average Bonchev–Trinajstić information content (AvgIpc) is 3.18. The maximum absolute atomic E-state index is 12.9. The van der Waals surface area contributed by atoms with E-state index in [1.54, 1.807) is 18.9 Å². The molecular formula is C21H26N4O4. The molecule has 4 rings (SSSR count). The highest BCUT2D eigenvalue weighted by molar-refractivity contribution is 5.96. The number of methoxy groups -OCH3 is 1. The second-order valence-corrected chi connectivity index (χ2v) is 7.38. The molecule has 0 radical (unpaired) electrons. The number of nitrogens with one attached hydrogen (secondary N) is 2. The second-order valence-electron chi connectivity index (χ2n) is 7.38. The van der Waals surface area contributed by atoms with Crippen LogP contribution in [-0.2, 0) is 17.6 Å². The molecule has 154 valence electrons. The summed E-state index contributed by atoms with van der Waals surface area (Å²) in [5, 5.41) is 10.5. The topological polar surface area (TPSA) is 96.6 Å². The van der Waals surface area contributed by atoms with Crippen LogP contribution in [-0.4, -0.2) is 59.9 Å². The molecule has 1 fully saturated rings. The predicted octanol–water partition coefficient (Wildman–Crippen LogP) is 2.53. The van der Waals surface area contributed by atoms with Crippen LogP contribution in [0.25, 0.3) is 11.3 Å². The van der Waals surface area contributed by atoms with Gasteiger partial charge in [0.1, 0.15) is 11.4 Å². The first kappa shape index (κ1) is 19.3. The summed E-state index contributed by atoms with van der Waals surface area (Å²) in [6.45, 7) is 3.33. The Morgan fingerprint density at radius 3 is 2.79 bits per heavy atom. The van der Waals surface area contributed by atoms with Crippen molar-refractivity contribution in [1.82, 2.24) is 20.4 Å². The van der Waals surface area contributed by atoms with Gasteiger partial charge in [-0.15, -0.1) is 0 Å². The van der Waals surface area contributed by atoms with Gasteiger partial charge in [0.15, 0.2) is 0 Å². The number of carbonyl (C=O) groups is 2. The number of aryl methyl sites for hydroxylation is 1. The van der Waals surface area contributed by atoms with E-state index in [1.807, 2.05) is 18.2 Å². The number of hydrogen-bond donors (Lipinski definition) is 2. The van der Waals surface area contributed by atoms with Crippen molar-refractivity contribution in [3.63, 3.8) is 0 Å². The molecule has 0 saturated carbocycles. The lowest BCUT2D eigenvalue weighted by Gasteiger charge is -2.31. The van der Waals surface area contributed by atoms with Crippen LogP contribution in [0.3, 0.4) is 0 Å².